The molecule has 0 spiro atoms. The quantitative estimate of drug-likeness (QED) is 0.777. The lowest BCUT2D eigenvalue weighted by molar-refractivity contribution is 0.269. The summed E-state index contributed by atoms with van der Waals surface area (Å²) in [6, 6.07) is 11.0. The van der Waals surface area contributed by atoms with Crippen LogP contribution in [0.2, 0.25) is 0 Å². The van der Waals surface area contributed by atoms with E-state index in [-0.39, 0.29) is 0 Å². The summed E-state index contributed by atoms with van der Waals surface area (Å²) in [7, 11) is 2.19. The number of fused-ring (bicyclic) bond motifs is 1. The maximum Gasteiger partial charge on any atom is 0.0722 e. The maximum absolute atomic E-state index is 4.38. The number of nitrogens with zero attached hydrogens (tertiary/aromatic N) is 2. The smallest absolute Gasteiger partial charge is 0.0722 e. The van der Waals surface area contributed by atoms with E-state index in [2.05, 4.69) is 60.4 Å². The zero-order valence-electron chi connectivity index (χ0n) is 12.8. The Morgan fingerprint density at radius 1 is 1.15 bits per heavy atom. The normalized spacial score (nSPS) is 11.4. The maximum atomic E-state index is 4.38. The molecule has 3 nitrogen and oxygen atoms in total. The minimum atomic E-state index is 0.632. The van der Waals surface area contributed by atoms with Crippen molar-refractivity contribution in [3.05, 3.63) is 36.5 Å². The average molecular weight is 271 g/mol. The molecule has 0 fully saturated rings. The predicted molar refractivity (Wildman–Crippen MR) is 87.2 cm³/mol. The number of aromatic nitrogens is 1. The van der Waals surface area contributed by atoms with Gasteiger partial charge in [0, 0.05) is 29.9 Å². The van der Waals surface area contributed by atoms with Crippen LogP contribution in [0.5, 0.6) is 0 Å². The van der Waals surface area contributed by atoms with Gasteiger partial charge in [-0.05, 0) is 52.4 Å². The van der Waals surface area contributed by atoms with Crippen molar-refractivity contribution in [2.45, 2.75) is 32.7 Å². The topological polar surface area (TPSA) is 28.2 Å². The van der Waals surface area contributed by atoms with Gasteiger partial charge in [0.15, 0.2) is 0 Å². The van der Waals surface area contributed by atoms with Crippen LogP contribution in [0, 0.1) is 0 Å². The van der Waals surface area contributed by atoms with Crippen LogP contribution in [-0.2, 0) is 0 Å². The molecule has 0 saturated heterocycles. The first-order valence-electron chi connectivity index (χ1n) is 7.46. The summed E-state index contributed by atoms with van der Waals surface area (Å²) in [5.74, 6) is 0. The van der Waals surface area contributed by atoms with Crippen LogP contribution in [0.15, 0.2) is 36.5 Å². The summed E-state index contributed by atoms with van der Waals surface area (Å²) in [6.45, 7) is 6.65. The van der Waals surface area contributed by atoms with Crippen molar-refractivity contribution >= 4 is 16.6 Å². The van der Waals surface area contributed by atoms with Crippen molar-refractivity contribution in [1.29, 1.82) is 0 Å². The first-order chi connectivity index (χ1) is 9.68. The third-order valence-electron chi connectivity index (χ3n) is 3.78. The number of benzene rings is 1. The standard InChI is InChI=1S/C17H25N3/c1-14(2)20(3)13-7-6-11-18-17-10-12-19-16-9-5-4-8-15(16)17/h4-5,8-10,12,14H,6-7,11,13H2,1-3H3,(H,18,19). The Kier molecular flexibility index (Phi) is 5.36. The lowest BCUT2D eigenvalue weighted by Crippen LogP contribution is -2.27. The second kappa shape index (κ2) is 7.25. The second-order valence-electron chi connectivity index (χ2n) is 5.58. The molecule has 0 radical (unpaired) electrons. The van der Waals surface area contributed by atoms with Crippen molar-refractivity contribution in [3.63, 3.8) is 0 Å². The Morgan fingerprint density at radius 2 is 1.95 bits per heavy atom. The Balaban J connectivity index is 1.82. The molecule has 0 amide bonds. The summed E-state index contributed by atoms with van der Waals surface area (Å²) >= 11 is 0. The number of hydrogen-bond donors (Lipinski definition) is 1. The lowest BCUT2D eigenvalue weighted by atomic mass is 10.2. The summed E-state index contributed by atoms with van der Waals surface area (Å²) in [4.78, 5) is 6.77. The zero-order chi connectivity index (χ0) is 14.4. The largest absolute Gasteiger partial charge is 0.384 e. The number of pyridine rings is 1. The van der Waals surface area contributed by atoms with E-state index in [1.54, 1.807) is 0 Å². The highest BCUT2D eigenvalue weighted by molar-refractivity contribution is 5.90. The van der Waals surface area contributed by atoms with Gasteiger partial charge in [0.25, 0.3) is 0 Å². The molecular formula is C17H25N3. The summed E-state index contributed by atoms with van der Waals surface area (Å²) in [5.41, 5.74) is 2.24. The average Bonchev–Trinajstić information content (AvgIpc) is 2.46. The highest BCUT2D eigenvalue weighted by Crippen LogP contribution is 2.20. The van der Waals surface area contributed by atoms with Crippen LogP contribution in [0.3, 0.4) is 0 Å². The Labute approximate surface area is 122 Å². The molecule has 1 aromatic carbocycles. The summed E-state index contributed by atoms with van der Waals surface area (Å²) in [5, 5.41) is 4.74. The number of para-hydroxylation sites is 1. The van der Waals surface area contributed by atoms with Crippen molar-refractivity contribution in [1.82, 2.24) is 9.88 Å². The van der Waals surface area contributed by atoms with E-state index in [0.717, 1.165) is 18.6 Å². The lowest BCUT2D eigenvalue weighted by Gasteiger charge is -2.20. The van der Waals surface area contributed by atoms with Crippen LogP contribution in [0.4, 0.5) is 5.69 Å². The van der Waals surface area contributed by atoms with Crippen LogP contribution in [-0.4, -0.2) is 36.1 Å². The monoisotopic (exact) mass is 271 g/mol. The van der Waals surface area contributed by atoms with Crippen molar-refractivity contribution < 1.29 is 0 Å². The Hall–Kier alpha value is -1.61. The van der Waals surface area contributed by atoms with Gasteiger partial charge in [-0.1, -0.05) is 18.2 Å². The number of rotatable bonds is 7. The molecule has 0 saturated carbocycles. The van der Waals surface area contributed by atoms with Gasteiger partial charge in [0.1, 0.15) is 0 Å². The van der Waals surface area contributed by atoms with Gasteiger partial charge in [-0.15, -0.1) is 0 Å². The summed E-state index contributed by atoms with van der Waals surface area (Å²) in [6.07, 6.45) is 4.29. The molecule has 2 rings (SSSR count). The molecule has 2 aromatic rings. The fraction of sp³-hybridized carbons (Fsp3) is 0.471. The van der Waals surface area contributed by atoms with Gasteiger partial charge < -0.3 is 10.2 Å². The van der Waals surface area contributed by atoms with Gasteiger partial charge in [0.05, 0.1) is 5.52 Å². The fourth-order valence-electron chi connectivity index (χ4n) is 2.22. The van der Waals surface area contributed by atoms with E-state index < -0.39 is 0 Å². The second-order valence-corrected chi connectivity index (χ2v) is 5.58. The minimum absolute atomic E-state index is 0.632. The van der Waals surface area contributed by atoms with Crippen LogP contribution < -0.4 is 5.32 Å². The molecule has 1 N–H and O–H groups in total. The molecule has 0 aliphatic heterocycles. The van der Waals surface area contributed by atoms with Gasteiger partial charge in [-0.25, -0.2) is 0 Å². The van der Waals surface area contributed by atoms with E-state index >= 15 is 0 Å². The first kappa shape index (κ1) is 14.8. The highest BCUT2D eigenvalue weighted by Gasteiger charge is 2.03. The van der Waals surface area contributed by atoms with Crippen molar-refractivity contribution in [3.8, 4) is 0 Å². The molecule has 0 atom stereocenters. The number of nitrogens with one attached hydrogen (secondary N) is 1. The predicted octanol–water partition coefficient (Wildman–Crippen LogP) is 3.77. The van der Waals surface area contributed by atoms with Gasteiger partial charge >= 0.3 is 0 Å². The molecule has 0 aliphatic carbocycles. The Bertz CT molecular complexity index is 531. The van der Waals surface area contributed by atoms with Crippen LogP contribution in [0.1, 0.15) is 26.7 Å². The van der Waals surface area contributed by atoms with Crippen molar-refractivity contribution in [2.75, 3.05) is 25.5 Å². The minimum Gasteiger partial charge on any atom is -0.384 e. The van der Waals surface area contributed by atoms with E-state index in [9.17, 15) is 0 Å². The van der Waals surface area contributed by atoms with Gasteiger partial charge in [-0.2, -0.15) is 0 Å². The Morgan fingerprint density at radius 3 is 2.75 bits per heavy atom. The number of unbranched alkanes of at least 4 members (excludes halogenated alkanes) is 1. The highest BCUT2D eigenvalue weighted by atomic mass is 15.1. The molecular weight excluding hydrogens is 246 g/mol. The van der Waals surface area contributed by atoms with Gasteiger partial charge in [0.2, 0.25) is 0 Å². The van der Waals surface area contributed by atoms with Crippen LogP contribution >= 0.6 is 0 Å². The fourth-order valence-corrected chi connectivity index (χ4v) is 2.22. The van der Waals surface area contributed by atoms with E-state index in [1.165, 1.54) is 23.9 Å². The molecule has 1 aromatic heterocycles. The molecule has 20 heavy (non-hydrogen) atoms. The number of anilines is 1. The molecule has 3 heteroatoms. The third-order valence-corrected chi connectivity index (χ3v) is 3.78. The van der Waals surface area contributed by atoms with Crippen LogP contribution in [0.25, 0.3) is 10.9 Å². The number of hydrogen-bond acceptors (Lipinski definition) is 3. The zero-order valence-corrected chi connectivity index (χ0v) is 12.8. The molecule has 108 valence electrons. The molecule has 1 heterocycles. The molecule has 0 bridgehead atoms. The molecule has 0 aliphatic rings. The van der Waals surface area contributed by atoms with E-state index in [4.69, 9.17) is 0 Å². The summed E-state index contributed by atoms with van der Waals surface area (Å²) < 4.78 is 0. The molecule has 0 unspecified atom stereocenters. The van der Waals surface area contributed by atoms with Crippen molar-refractivity contribution in [2.24, 2.45) is 0 Å². The SMILES string of the molecule is CC(C)N(C)CCCCNc1ccnc2ccccc12. The van der Waals surface area contributed by atoms with Gasteiger partial charge in [-0.3, -0.25) is 4.98 Å². The first-order valence-corrected chi connectivity index (χ1v) is 7.46. The third kappa shape index (κ3) is 3.94. The van der Waals surface area contributed by atoms with E-state index in [1.807, 2.05) is 12.3 Å². The van der Waals surface area contributed by atoms with E-state index in [0.29, 0.717) is 6.04 Å².